The van der Waals surface area contributed by atoms with Gasteiger partial charge in [0.05, 0.1) is 13.5 Å². The van der Waals surface area contributed by atoms with Crippen LogP contribution in [-0.4, -0.2) is 60.8 Å². The van der Waals surface area contributed by atoms with Crippen molar-refractivity contribution in [3.8, 4) is 5.75 Å². The molecule has 1 aliphatic rings. The summed E-state index contributed by atoms with van der Waals surface area (Å²) in [4.78, 5) is 32.0. The van der Waals surface area contributed by atoms with Crippen molar-refractivity contribution in [1.82, 2.24) is 4.90 Å². The Labute approximate surface area is 186 Å². The zero-order valence-corrected chi connectivity index (χ0v) is 18.3. The number of carboxylic acids is 2. The third-order valence-corrected chi connectivity index (χ3v) is 4.71. The highest BCUT2D eigenvalue weighted by atomic mass is 16.5. The van der Waals surface area contributed by atoms with Crippen molar-refractivity contribution in [2.24, 2.45) is 0 Å². The lowest BCUT2D eigenvalue weighted by molar-refractivity contribution is -0.159. The molecule has 0 atom stereocenters. The molecule has 1 aliphatic heterocycles. The number of hydrogen-bond donors (Lipinski definition) is 2. The lowest BCUT2D eigenvalue weighted by atomic mass is 9.92. The van der Waals surface area contributed by atoms with Gasteiger partial charge in [-0.25, -0.2) is 9.59 Å². The summed E-state index contributed by atoms with van der Waals surface area (Å²) in [5.41, 5.74) is 5.50. The number of ether oxygens (including phenoxy) is 2. The van der Waals surface area contributed by atoms with Crippen LogP contribution in [0.5, 0.6) is 5.75 Å². The molecule has 0 unspecified atom stereocenters. The molecule has 0 bridgehead atoms. The molecule has 2 aromatic rings. The number of hydrogen-bond acceptors (Lipinski definition) is 6. The highest BCUT2D eigenvalue weighted by molar-refractivity contribution is 6.27. The Kier molecular flexibility index (Phi) is 8.97. The SMILES string of the molecule is COC(=O)Cc1ccc2c(c1)/C(=C\CCN(C)C)c1ccccc1CO2.O=C(O)C(=O)O. The van der Waals surface area contributed by atoms with E-state index in [1.807, 2.05) is 18.2 Å². The van der Waals surface area contributed by atoms with Crippen molar-refractivity contribution in [2.45, 2.75) is 19.4 Å². The summed E-state index contributed by atoms with van der Waals surface area (Å²) in [5.74, 6) is -3.03. The molecule has 32 heavy (non-hydrogen) atoms. The molecule has 0 aliphatic carbocycles. The molecule has 0 aromatic heterocycles. The number of carbonyl (C=O) groups is 3. The fourth-order valence-electron chi connectivity index (χ4n) is 3.16. The summed E-state index contributed by atoms with van der Waals surface area (Å²) in [5, 5.41) is 14.8. The van der Waals surface area contributed by atoms with Gasteiger partial charge >= 0.3 is 17.9 Å². The molecule has 8 nitrogen and oxygen atoms in total. The fraction of sp³-hybridized carbons (Fsp3) is 0.292. The normalized spacial score (nSPS) is 13.1. The summed E-state index contributed by atoms with van der Waals surface area (Å²) in [6, 6.07) is 14.3. The number of esters is 1. The van der Waals surface area contributed by atoms with Gasteiger partial charge in [-0.1, -0.05) is 36.4 Å². The van der Waals surface area contributed by atoms with E-state index in [0.717, 1.165) is 29.8 Å². The predicted octanol–water partition coefficient (Wildman–Crippen LogP) is 2.83. The van der Waals surface area contributed by atoms with Crippen molar-refractivity contribution < 1.29 is 34.1 Å². The van der Waals surface area contributed by atoms with Crippen LogP contribution in [0.3, 0.4) is 0 Å². The molecule has 2 N–H and O–H groups in total. The maximum atomic E-state index is 11.7. The average Bonchev–Trinajstić information content (AvgIpc) is 2.91. The molecule has 0 radical (unpaired) electrons. The Morgan fingerprint density at radius 2 is 1.75 bits per heavy atom. The minimum atomic E-state index is -1.82. The average molecular weight is 441 g/mol. The van der Waals surface area contributed by atoms with Crippen molar-refractivity contribution in [3.63, 3.8) is 0 Å². The highest BCUT2D eigenvalue weighted by Crippen LogP contribution is 2.37. The van der Waals surface area contributed by atoms with Gasteiger partial charge in [0.15, 0.2) is 0 Å². The number of nitrogens with zero attached hydrogens (tertiary/aromatic N) is 1. The second kappa shape index (κ2) is 11.7. The van der Waals surface area contributed by atoms with Gasteiger partial charge in [-0.05, 0) is 54.9 Å². The fourth-order valence-corrected chi connectivity index (χ4v) is 3.16. The van der Waals surface area contributed by atoms with Gasteiger partial charge in [-0.2, -0.15) is 0 Å². The Bertz CT molecular complexity index is 999. The van der Waals surface area contributed by atoms with Crippen LogP contribution in [-0.2, 0) is 32.1 Å². The summed E-state index contributed by atoms with van der Waals surface area (Å²) in [6.45, 7) is 1.52. The summed E-state index contributed by atoms with van der Waals surface area (Å²) in [7, 11) is 5.56. The summed E-state index contributed by atoms with van der Waals surface area (Å²) >= 11 is 0. The van der Waals surface area contributed by atoms with E-state index in [0.29, 0.717) is 6.61 Å². The molecule has 8 heteroatoms. The minimum Gasteiger partial charge on any atom is -0.488 e. The molecule has 1 heterocycles. The summed E-state index contributed by atoms with van der Waals surface area (Å²) < 4.78 is 10.9. The van der Waals surface area contributed by atoms with Crippen molar-refractivity contribution in [1.29, 1.82) is 0 Å². The molecular formula is C24H27NO7. The maximum absolute atomic E-state index is 11.7. The monoisotopic (exact) mass is 441 g/mol. The van der Waals surface area contributed by atoms with E-state index in [1.165, 1.54) is 23.8 Å². The smallest absolute Gasteiger partial charge is 0.414 e. The topological polar surface area (TPSA) is 113 Å². The van der Waals surface area contributed by atoms with Crippen LogP contribution in [0.2, 0.25) is 0 Å². The van der Waals surface area contributed by atoms with E-state index in [-0.39, 0.29) is 12.4 Å². The number of methoxy groups -OCH3 is 1. The first kappa shape index (κ1) is 24.6. The molecule has 0 fully saturated rings. The Morgan fingerprint density at radius 1 is 1.06 bits per heavy atom. The van der Waals surface area contributed by atoms with Crippen LogP contribution in [0.4, 0.5) is 0 Å². The van der Waals surface area contributed by atoms with Crippen LogP contribution in [0.25, 0.3) is 5.57 Å². The predicted molar refractivity (Wildman–Crippen MR) is 118 cm³/mol. The zero-order chi connectivity index (χ0) is 23.7. The highest BCUT2D eigenvalue weighted by Gasteiger charge is 2.19. The van der Waals surface area contributed by atoms with Crippen LogP contribution >= 0.6 is 0 Å². The van der Waals surface area contributed by atoms with Crippen molar-refractivity contribution in [2.75, 3.05) is 27.7 Å². The van der Waals surface area contributed by atoms with Crippen molar-refractivity contribution in [3.05, 3.63) is 70.8 Å². The number of benzene rings is 2. The van der Waals surface area contributed by atoms with E-state index < -0.39 is 11.9 Å². The van der Waals surface area contributed by atoms with Gasteiger partial charge in [-0.3, -0.25) is 4.79 Å². The third kappa shape index (κ3) is 6.95. The van der Waals surface area contributed by atoms with Gasteiger partial charge in [0.2, 0.25) is 0 Å². The second-order valence-corrected chi connectivity index (χ2v) is 7.35. The van der Waals surface area contributed by atoms with Crippen molar-refractivity contribution >= 4 is 23.5 Å². The van der Waals surface area contributed by atoms with Gasteiger partial charge in [0.25, 0.3) is 0 Å². The Morgan fingerprint density at radius 3 is 2.38 bits per heavy atom. The molecular weight excluding hydrogens is 414 g/mol. The van der Waals surface area contributed by atoms with E-state index >= 15 is 0 Å². The summed E-state index contributed by atoms with van der Waals surface area (Å²) in [6.07, 6.45) is 3.47. The molecule has 0 saturated heterocycles. The number of carboxylic acid groups (broad SMARTS) is 2. The van der Waals surface area contributed by atoms with Gasteiger partial charge < -0.3 is 24.6 Å². The molecule has 3 rings (SSSR count). The van der Waals surface area contributed by atoms with E-state index in [4.69, 9.17) is 29.3 Å². The van der Waals surface area contributed by atoms with Gasteiger partial charge in [0.1, 0.15) is 12.4 Å². The Hall–Kier alpha value is -3.65. The molecule has 0 amide bonds. The lowest BCUT2D eigenvalue weighted by Crippen LogP contribution is -2.12. The van der Waals surface area contributed by atoms with Crippen LogP contribution in [0.1, 0.15) is 28.7 Å². The molecule has 2 aromatic carbocycles. The van der Waals surface area contributed by atoms with Crippen LogP contribution in [0, 0.1) is 0 Å². The zero-order valence-electron chi connectivity index (χ0n) is 18.3. The molecule has 170 valence electrons. The van der Waals surface area contributed by atoms with E-state index in [9.17, 15) is 4.79 Å². The van der Waals surface area contributed by atoms with Gasteiger partial charge in [0, 0.05) is 12.1 Å². The first-order valence-corrected chi connectivity index (χ1v) is 9.95. The van der Waals surface area contributed by atoms with Gasteiger partial charge in [-0.15, -0.1) is 0 Å². The Balaban J connectivity index is 0.000000534. The lowest BCUT2D eigenvalue weighted by Gasteiger charge is -2.13. The van der Waals surface area contributed by atoms with E-state index in [1.54, 1.807) is 0 Å². The minimum absolute atomic E-state index is 0.238. The third-order valence-electron chi connectivity index (χ3n) is 4.71. The quantitative estimate of drug-likeness (QED) is 0.538. The number of carbonyl (C=O) groups excluding carboxylic acids is 1. The number of rotatable bonds is 5. The maximum Gasteiger partial charge on any atom is 0.414 e. The molecule has 0 saturated carbocycles. The second-order valence-electron chi connectivity index (χ2n) is 7.35. The first-order chi connectivity index (χ1) is 15.2. The van der Waals surface area contributed by atoms with Crippen LogP contribution in [0.15, 0.2) is 48.5 Å². The van der Waals surface area contributed by atoms with Crippen LogP contribution < -0.4 is 4.74 Å². The number of fused-ring (bicyclic) bond motifs is 2. The first-order valence-electron chi connectivity index (χ1n) is 9.95. The standard InChI is InChI=1S/C22H25NO3.C2H2O4/c1-23(2)12-6-9-19-18-8-5-4-7-17(18)15-26-21-11-10-16(13-20(19)21)14-22(24)25-3;3-1(4)2(5)6/h4-5,7-11,13H,6,12,14-15H2,1-3H3;(H,3,4)(H,5,6)/b19-9-;. The number of aliphatic carboxylic acids is 2. The largest absolute Gasteiger partial charge is 0.488 e. The molecule has 0 spiro atoms. The van der Waals surface area contributed by atoms with E-state index in [2.05, 4.69) is 49.3 Å².